The molecule has 2 aromatic heterocycles. The lowest BCUT2D eigenvalue weighted by molar-refractivity contribution is 0.0978. The standard InChI is InChI=1S/C25H28N4O4S/c1-14(2)18(6)20-11-10-19(24(30)29-34(31,32)22-9-7-8-21(26)28-22)25(27-20)33-23-16(4)12-15(3)13-17(23)5/h7-13H,1-6H3,(H2,26,28)(H,29,30). The van der Waals surface area contributed by atoms with E-state index in [1.807, 2.05) is 58.4 Å². The third kappa shape index (κ3) is 5.43. The Balaban J connectivity index is 2.08. The number of sulfonamides is 1. The van der Waals surface area contributed by atoms with Gasteiger partial charge in [-0.3, -0.25) is 4.79 Å². The van der Waals surface area contributed by atoms with Gasteiger partial charge in [0.1, 0.15) is 17.1 Å². The molecule has 178 valence electrons. The van der Waals surface area contributed by atoms with Gasteiger partial charge < -0.3 is 10.5 Å². The number of ether oxygens (including phenoxy) is 1. The number of allylic oxidation sites excluding steroid dienone is 2. The van der Waals surface area contributed by atoms with Gasteiger partial charge in [-0.1, -0.05) is 29.3 Å². The van der Waals surface area contributed by atoms with Gasteiger partial charge >= 0.3 is 0 Å². The number of rotatable bonds is 6. The third-order valence-electron chi connectivity index (χ3n) is 5.29. The predicted molar refractivity (Wildman–Crippen MR) is 132 cm³/mol. The van der Waals surface area contributed by atoms with Gasteiger partial charge in [0, 0.05) is 0 Å². The van der Waals surface area contributed by atoms with Crippen LogP contribution in [0.5, 0.6) is 11.6 Å². The van der Waals surface area contributed by atoms with Crippen LogP contribution < -0.4 is 15.2 Å². The molecule has 1 amide bonds. The summed E-state index contributed by atoms with van der Waals surface area (Å²) in [6.07, 6.45) is 0. The Morgan fingerprint density at radius 3 is 2.21 bits per heavy atom. The van der Waals surface area contributed by atoms with Crippen LogP contribution >= 0.6 is 0 Å². The summed E-state index contributed by atoms with van der Waals surface area (Å²) in [5, 5.41) is -0.362. The number of aromatic nitrogens is 2. The van der Waals surface area contributed by atoms with Crippen molar-refractivity contribution < 1.29 is 17.9 Å². The third-order valence-corrected chi connectivity index (χ3v) is 6.52. The normalized spacial score (nSPS) is 11.1. The molecule has 0 bridgehead atoms. The molecule has 0 fully saturated rings. The molecule has 1 aromatic carbocycles. The van der Waals surface area contributed by atoms with Crippen LogP contribution in [0.4, 0.5) is 5.82 Å². The summed E-state index contributed by atoms with van der Waals surface area (Å²) in [6, 6.07) is 11.2. The van der Waals surface area contributed by atoms with Crippen molar-refractivity contribution in [2.24, 2.45) is 0 Å². The van der Waals surface area contributed by atoms with Crippen LogP contribution in [0.1, 0.15) is 53.5 Å². The topological polar surface area (TPSA) is 124 Å². The zero-order valence-corrected chi connectivity index (χ0v) is 20.9. The van der Waals surface area contributed by atoms with Crippen molar-refractivity contribution in [2.45, 2.75) is 46.6 Å². The Hall–Kier alpha value is -3.72. The lowest BCUT2D eigenvalue weighted by atomic mass is 10.1. The van der Waals surface area contributed by atoms with Crippen LogP contribution in [-0.2, 0) is 10.0 Å². The summed E-state index contributed by atoms with van der Waals surface area (Å²) in [7, 11) is -4.26. The minimum absolute atomic E-state index is 0.00129. The smallest absolute Gasteiger partial charge is 0.281 e. The van der Waals surface area contributed by atoms with E-state index in [0.717, 1.165) is 27.8 Å². The van der Waals surface area contributed by atoms with Crippen molar-refractivity contribution in [3.05, 3.63) is 76.0 Å². The number of nitrogens with two attached hydrogens (primary N) is 1. The number of carbonyl (C=O) groups is 1. The highest BCUT2D eigenvalue weighted by Crippen LogP contribution is 2.32. The zero-order valence-electron chi connectivity index (χ0n) is 20.1. The fourth-order valence-electron chi connectivity index (χ4n) is 3.39. The molecule has 0 aliphatic rings. The first kappa shape index (κ1) is 24.9. The number of benzene rings is 1. The molecule has 0 spiro atoms. The van der Waals surface area contributed by atoms with Crippen LogP contribution in [-0.4, -0.2) is 24.3 Å². The van der Waals surface area contributed by atoms with Gasteiger partial charge in [-0.2, -0.15) is 8.42 Å². The molecule has 3 N–H and O–H groups in total. The number of nitrogens with one attached hydrogen (secondary N) is 1. The Labute approximate surface area is 200 Å². The van der Waals surface area contributed by atoms with E-state index in [2.05, 4.69) is 9.97 Å². The highest BCUT2D eigenvalue weighted by Gasteiger charge is 2.24. The molecule has 0 atom stereocenters. The van der Waals surface area contributed by atoms with E-state index < -0.39 is 15.9 Å². The highest BCUT2D eigenvalue weighted by molar-refractivity contribution is 7.90. The molecule has 34 heavy (non-hydrogen) atoms. The lowest BCUT2D eigenvalue weighted by Crippen LogP contribution is -2.31. The van der Waals surface area contributed by atoms with E-state index in [4.69, 9.17) is 10.5 Å². The molecule has 2 heterocycles. The van der Waals surface area contributed by atoms with Crippen LogP contribution in [0.3, 0.4) is 0 Å². The molecule has 0 aliphatic carbocycles. The van der Waals surface area contributed by atoms with Gasteiger partial charge in [-0.05, 0) is 82.5 Å². The molecule has 3 aromatic rings. The summed E-state index contributed by atoms with van der Waals surface area (Å²) >= 11 is 0. The Kier molecular flexibility index (Phi) is 7.07. The number of pyridine rings is 2. The maximum Gasteiger partial charge on any atom is 0.281 e. The summed E-state index contributed by atoms with van der Waals surface area (Å²) in [4.78, 5) is 21.4. The van der Waals surface area contributed by atoms with E-state index in [0.29, 0.717) is 11.4 Å². The number of nitrogen functional groups attached to an aromatic ring is 1. The number of anilines is 1. The zero-order chi connectivity index (χ0) is 25.2. The second-order valence-corrected chi connectivity index (χ2v) is 9.97. The van der Waals surface area contributed by atoms with Crippen molar-refractivity contribution in [3.8, 4) is 11.6 Å². The predicted octanol–water partition coefficient (Wildman–Crippen LogP) is 4.71. The van der Waals surface area contributed by atoms with E-state index in [1.54, 1.807) is 6.07 Å². The van der Waals surface area contributed by atoms with Crippen molar-refractivity contribution in [2.75, 3.05) is 5.73 Å². The van der Waals surface area contributed by atoms with Gasteiger partial charge in [0.15, 0.2) is 5.03 Å². The number of aryl methyl sites for hydroxylation is 3. The second-order valence-electron chi connectivity index (χ2n) is 8.34. The molecule has 0 saturated heterocycles. The molecule has 0 unspecified atom stereocenters. The molecule has 9 heteroatoms. The van der Waals surface area contributed by atoms with Gasteiger partial charge in [0.2, 0.25) is 5.88 Å². The largest absolute Gasteiger partial charge is 0.438 e. The van der Waals surface area contributed by atoms with Crippen molar-refractivity contribution in [3.63, 3.8) is 0 Å². The first-order chi connectivity index (χ1) is 15.9. The maximum atomic E-state index is 13.1. The quantitative estimate of drug-likeness (QED) is 0.523. The summed E-state index contributed by atoms with van der Waals surface area (Å²) in [5.74, 6) is -0.315. The molecule has 0 aliphatic heterocycles. The number of carbonyl (C=O) groups excluding carboxylic acids is 1. The summed E-state index contributed by atoms with van der Waals surface area (Å²) < 4.78 is 33.6. The SMILES string of the molecule is CC(C)=C(C)c1ccc(C(=O)NS(=O)(=O)c2cccc(N)n2)c(Oc2c(C)cc(C)cc2C)n1. The van der Waals surface area contributed by atoms with Gasteiger partial charge in [0.25, 0.3) is 15.9 Å². The number of hydrogen-bond acceptors (Lipinski definition) is 7. The van der Waals surface area contributed by atoms with Crippen LogP contribution in [0.15, 0.2) is 53.1 Å². The lowest BCUT2D eigenvalue weighted by Gasteiger charge is -2.16. The molecule has 0 radical (unpaired) electrons. The fourth-order valence-corrected chi connectivity index (χ4v) is 4.33. The van der Waals surface area contributed by atoms with E-state index in [9.17, 15) is 13.2 Å². The average molecular weight is 481 g/mol. The highest BCUT2D eigenvalue weighted by atomic mass is 32.2. The first-order valence-corrected chi connectivity index (χ1v) is 12.1. The van der Waals surface area contributed by atoms with E-state index in [-0.39, 0.29) is 22.3 Å². The van der Waals surface area contributed by atoms with Crippen LogP contribution in [0, 0.1) is 20.8 Å². The van der Waals surface area contributed by atoms with Crippen molar-refractivity contribution in [1.82, 2.24) is 14.7 Å². The van der Waals surface area contributed by atoms with Gasteiger partial charge in [-0.25, -0.2) is 14.7 Å². The average Bonchev–Trinajstić information content (AvgIpc) is 2.75. The summed E-state index contributed by atoms with van der Waals surface area (Å²) in [5.41, 5.74) is 11.0. The van der Waals surface area contributed by atoms with E-state index in [1.165, 1.54) is 24.3 Å². The Morgan fingerprint density at radius 1 is 0.971 bits per heavy atom. The Bertz CT molecular complexity index is 1390. The van der Waals surface area contributed by atoms with Crippen LogP contribution in [0.25, 0.3) is 5.57 Å². The van der Waals surface area contributed by atoms with Crippen molar-refractivity contribution in [1.29, 1.82) is 0 Å². The molecular weight excluding hydrogens is 452 g/mol. The fraction of sp³-hybridized carbons (Fsp3) is 0.240. The number of hydrogen-bond donors (Lipinski definition) is 2. The second kappa shape index (κ2) is 9.64. The molecular formula is C25H28N4O4S. The minimum atomic E-state index is -4.26. The summed E-state index contributed by atoms with van der Waals surface area (Å²) in [6.45, 7) is 11.6. The van der Waals surface area contributed by atoms with Gasteiger partial charge in [0.05, 0.1) is 5.69 Å². The van der Waals surface area contributed by atoms with Crippen LogP contribution in [0.2, 0.25) is 0 Å². The van der Waals surface area contributed by atoms with E-state index >= 15 is 0 Å². The number of amides is 1. The maximum absolute atomic E-state index is 13.1. The first-order valence-electron chi connectivity index (χ1n) is 10.6. The van der Waals surface area contributed by atoms with Crippen molar-refractivity contribution >= 4 is 27.3 Å². The number of nitrogens with zero attached hydrogens (tertiary/aromatic N) is 2. The molecule has 3 rings (SSSR count). The minimum Gasteiger partial charge on any atom is -0.438 e. The monoisotopic (exact) mass is 480 g/mol. The molecule has 0 saturated carbocycles. The van der Waals surface area contributed by atoms with Gasteiger partial charge in [-0.15, -0.1) is 0 Å². The Morgan fingerprint density at radius 2 is 1.62 bits per heavy atom. The molecule has 8 nitrogen and oxygen atoms in total.